The molecule has 0 unspecified atom stereocenters. The maximum Gasteiger partial charge on any atom is 0.271 e. The van der Waals surface area contributed by atoms with E-state index in [0.29, 0.717) is 0 Å². The Morgan fingerprint density at radius 2 is 1.38 bits per heavy atom. The highest BCUT2D eigenvalue weighted by Gasteiger charge is 1.91. The van der Waals surface area contributed by atoms with Crippen molar-refractivity contribution < 1.29 is 8.42 Å². The summed E-state index contributed by atoms with van der Waals surface area (Å²) in [4.78, 5) is 0. The van der Waals surface area contributed by atoms with Gasteiger partial charge in [0.15, 0.2) is 0 Å². The van der Waals surface area contributed by atoms with Gasteiger partial charge < -0.3 is 5.32 Å². The van der Waals surface area contributed by atoms with E-state index in [4.69, 9.17) is 0 Å². The van der Waals surface area contributed by atoms with Crippen LogP contribution in [-0.2, 0) is 10.2 Å². The van der Waals surface area contributed by atoms with E-state index in [-0.39, 0.29) is 0 Å². The fourth-order valence-electron chi connectivity index (χ4n) is 0. The van der Waals surface area contributed by atoms with Crippen LogP contribution in [0.3, 0.4) is 0 Å². The van der Waals surface area contributed by atoms with Gasteiger partial charge in [-0.2, -0.15) is 8.42 Å². The summed E-state index contributed by atoms with van der Waals surface area (Å²) in [5, 5.41) is 11.2. The zero-order chi connectivity index (χ0) is 6.62. The third-order valence-corrected chi connectivity index (χ3v) is 0.250. The Balaban J connectivity index is 0.000000135. The molecule has 1 fully saturated rings. The second-order valence-electron chi connectivity index (χ2n) is 1.34. The summed E-state index contributed by atoms with van der Waals surface area (Å²) in [5.74, 6) is 0. The summed E-state index contributed by atoms with van der Waals surface area (Å²) in [6.07, 6.45) is 0. The second-order valence-corrected chi connectivity index (χ2v) is 2.52. The molecule has 8 heavy (non-hydrogen) atoms. The molecule has 1 rings (SSSR count). The Kier molecular flexibility index (Phi) is 2.91. The second kappa shape index (κ2) is 2.98. The number of nitrogens with two attached hydrogens (primary N) is 2. The molecule has 1 heterocycles. The molecule has 50 valence electrons. The number of nitrogens with one attached hydrogen (secondary N) is 1. The summed E-state index contributed by atoms with van der Waals surface area (Å²) >= 11 is 0. The van der Waals surface area contributed by atoms with E-state index in [2.05, 4.69) is 15.6 Å². The number of hydrogen-bond acceptors (Lipinski definition) is 3. The molecule has 0 aromatic rings. The molecule has 0 aromatic heterocycles. The molecule has 0 aliphatic carbocycles. The van der Waals surface area contributed by atoms with Crippen molar-refractivity contribution in [3.63, 3.8) is 0 Å². The standard InChI is InChI=1S/C2H5N.H4N2O2S/c1-2-3-1;1-5(2,3)4/h3H,1-2H2;(H4,1,2,3,4). The van der Waals surface area contributed by atoms with Crippen LogP contribution in [0.5, 0.6) is 0 Å². The maximum absolute atomic E-state index is 9.19. The van der Waals surface area contributed by atoms with E-state index < -0.39 is 10.2 Å². The largest absolute Gasteiger partial charge is 0.314 e. The van der Waals surface area contributed by atoms with Crippen molar-refractivity contribution in [1.29, 1.82) is 0 Å². The van der Waals surface area contributed by atoms with Crippen molar-refractivity contribution in [3.05, 3.63) is 0 Å². The van der Waals surface area contributed by atoms with Crippen molar-refractivity contribution in [2.75, 3.05) is 13.1 Å². The summed E-state index contributed by atoms with van der Waals surface area (Å²) < 4.78 is 18.4. The van der Waals surface area contributed by atoms with Crippen LogP contribution in [0.25, 0.3) is 0 Å². The molecular formula is C2H9N3O2S. The number of hydrogen-bond donors (Lipinski definition) is 3. The minimum Gasteiger partial charge on any atom is -0.314 e. The minimum absolute atomic E-state index is 1.25. The lowest BCUT2D eigenvalue weighted by molar-refractivity contribution is 0.599. The fraction of sp³-hybridized carbons (Fsp3) is 1.00. The normalized spacial score (nSPS) is 16.2. The van der Waals surface area contributed by atoms with Gasteiger partial charge in [0, 0.05) is 13.1 Å². The first-order valence-electron chi connectivity index (χ1n) is 2.01. The van der Waals surface area contributed by atoms with Gasteiger partial charge in [0.2, 0.25) is 0 Å². The van der Waals surface area contributed by atoms with Crippen molar-refractivity contribution in [3.8, 4) is 0 Å². The molecule has 5 N–H and O–H groups in total. The van der Waals surface area contributed by atoms with Crippen LogP contribution < -0.4 is 15.6 Å². The van der Waals surface area contributed by atoms with E-state index in [9.17, 15) is 8.42 Å². The topological polar surface area (TPSA) is 108 Å². The maximum atomic E-state index is 9.19. The lowest BCUT2D eigenvalue weighted by Crippen LogP contribution is -2.21. The molecule has 0 amide bonds. The quantitative estimate of drug-likeness (QED) is 0.329. The van der Waals surface area contributed by atoms with Gasteiger partial charge in [0.1, 0.15) is 0 Å². The summed E-state index contributed by atoms with van der Waals surface area (Å²) in [6, 6.07) is 0. The molecule has 0 saturated carbocycles. The van der Waals surface area contributed by atoms with Crippen LogP contribution in [0.15, 0.2) is 0 Å². The Morgan fingerprint density at radius 1 is 1.25 bits per heavy atom. The van der Waals surface area contributed by atoms with Crippen LogP contribution in [0.2, 0.25) is 0 Å². The van der Waals surface area contributed by atoms with Gasteiger partial charge in [-0.3, -0.25) is 0 Å². The Labute approximate surface area is 48.2 Å². The van der Waals surface area contributed by atoms with E-state index in [1.165, 1.54) is 13.1 Å². The van der Waals surface area contributed by atoms with Crippen molar-refractivity contribution in [1.82, 2.24) is 5.32 Å². The average molecular weight is 139 g/mol. The highest BCUT2D eigenvalue weighted by molar-refractivity contribution is 7.86. The third kappa shape index (κ3) is 197. The van der Waals surface area contributed by atoms with Gasteiger partial charge in [-0.15, -0.1) is 0 Å². The molecule has 0 spiro atoms. The first kappa shape index (κ1) is 7.83. The molecular weight excluding hydrogens is 130 g/mol. The molecule has 0 aromatic carbocycles. The first-order chi connectivity index (χ1) is 3.50. The highest BCUT2D eigenvalue weighted by atomic mass is 32.2. The van der Waals surface area contributed by atoms with Crippen molar-refractivity contribution in [2.24, 2.45) is 10.3 Å². The van der Waals surface area contributed by atoms with Gasteiger partial charge in [-0.1, -0.05) is 0 Å². The van der Waals surface area contributed by atoms with Crippen molar-refractivity contribution >= 4 is 10.2 Å². The number of rotatable bonds is 0. The highest BCUT2D eigenvalue weighted by Crippen LogP contribution is 1.65. The van der Waals surface area contributed by atoms with Crippen LogP contribution >= 0.6 is 0 Å². The van der Waals surface area contributed by atoms with E-state index >= 15 is 0 Å². The van der Waals surface area contributed by atoms with Gasteiger partial charge in [0.25, 0.3) is 10.2 Å². The average Bonchev–Trinajstić information content (AvgIpc) is 1.95. The molecule has 0 radical (unpaired) electrons. The molecule has 0 bridgehead atoms. The van der Waals surface area contributed by atoms with E-state index in [0.717, 1.165) is 0 Å². The first-order valence-corrected chi connectivity index (χ1v) is 3.62. The van der Waals surface area contributed by atoms with Crippen LogP contribution in [0.1, 0.15) is 0 Å². The molecule has 6 heteroatoms. The molecule has 0 atom stereocenters. The summed E-state index contributed by atoms with van der Waals surface area (Å²) in [6.45, 7) is 2.50. The Hall–Kier alpha value is -0.170. The smallest absolute Gasteiger partial charge is 0.271 e. The van der Waals surface area contributed by atoms with Crippen LogP contribution in [0, 0.1) is 0 Å². The van der Waals surface area contributed by atoms with Gasteiger partial charge in [0.05, 0.1) is 0 Å². The van der Waals surface area contributed by atoms with E-state index in [1.807, 2.05) is 0 Å². The lowest BCUT2D eigenvalue weighted by Gasteiger charge is -1.72. The lowest BCUT2D eigenvalue weighted by atomic mass is 11.0. The minimum atomic E-state index is -3.67. The van der Waals surface area contributed by atoms with Gasteiger partial charge in [-0.05, 0) is 0 Å². The zero-order valence-corrected chi connectivity index (χ0v) is 5.11. The predicted molar refractivity (Wildman–Crippen MR) is 30.2 cm³/mol. The monoisotopic (exact) mass is 139 g/mol. The molecule has 1 aliphatic heterocycles. The van der Waals surface area contributed by atoms with Gasteiger partial charge in [-0.25, -0.2) is 10.3 Å². The Bertz CT molecular complexity index is 127. The molecule has 5 nitrogen and oxygen atoms in total. The Morgan fingerprint density at radius 3 is 1.38 bits per heavy atom. The summed E-state index contributed by atoms with van der Waals surface area (Å²) in [7, 11) is -3.67. The SMILES string of the molecule is C1CN1.NS(N)(=O)=O. The third-order valence-electron chi connectivity index (χ3n) is 0.250. The summed E-state index contributed by atoms with van der Waals surface area (Å²) in [5.41, 5.74) is 0. The fourth-order valence-corrected chi connectivity index (χ4v) is 0. The molecule has 1 saturated heterocycles. The molecule has 1 aliphatic rings. The van der Waals surface area contributed by atoms with Crippen LogP contribution in [-0.4, -0.2) is 21.5 Å². The van der Waals surface area contributed by atoms with Crippen LogP contribution in [0.4, 0.5) is 0 Å². The van der Waals surface area contributed by atoms with E-state index in [1.54, 1.807) is 0 Å². The zero-order valence-electron chi connectivity index (χ0n) is 4.29. The van der Waals surface area contributed by atoms with Gasteiger partial charge >= 0.3 is 0 Å². The van der Waals surface area contributed by atoms with Crippen molar-refractivity contribution in [2.45, 2.75) is 0 Å². The predicted octanol–water partition coefficient (Wildman–Crippen LogP) is -2.26.